The molecule has 0 radical (unpaired) electrons. The van der Waals surface area contributed by atoms with Crippen LogP contribution in [0.1, 0.15) is 11.1 Å². The van der Waals surface area contributed by atoms with Gasteiger partial charge in [-0.2, -0.15) is 4.31 Å². The third-order valence-electron chi connectivity index (χ3n) is 3.87. The molecule has 0 saturated heterocycles. The van der Waals surface area contributed by atoms with Crippen LogP contribution in [0, 0.1) is 6.92 Å². The van der Waals surface area contributed by atoms with Gasteiger partial charge in [0.05, 0.1) is 4.90 Å². The number of sulfonamides is 1. The number of hydrogen-bond donors (Lipinski definition) is 0. The Bertz CT molecular complexity index is 862. The molecule has 2 aromatic carbocycles. The number of benzene rings is 2. The SMILES string of the molecule is C=C=C(Cc1ccccc1)CN(CC=C)S(=O)(=O)c1ccc(C)cc1. The van der Waals surface area contributed by atoms with E-state index in [1.54, 1.807) is 30.3 Å². The summed E-state index contributed by atoms with van der Waals surface area (Å²) in [6.45, 7) is 9.81. The largest absolute Gasteiger partial charge is 0.243 e. The average Bonchev–Trinajstić information content (AvgIpc) is 2.61. The summed E-state index contributed by atoms with van der Waals surface area (Å²) >= 11 is 0. The Labute approximate surface area is 150 Å². The molecule has 0 heterocycles. The Morgan fingerprint density at radius 3 is 2.32 bits per heavy atom. The molecule has 0 aliphatic carbocycles. The molecule has 0 bridgehead atoms. The minimum Gasteiger partial charge on any atom is -0.207 e. The molecule has 0 aliphatic rings. The van der Waals surface area contributed by atoms with Crippen LogP contribution in [-0.2, 0) is 16.4 Å². The molecule has 25 heavy (non-hydrogen) atoms. The van der Waals surface area contributed by atoms with E-state index in [2.05, 4.69) is 18.9 Å². The van der Waals surface area contributed by atoms with Crippen molar-refractivity contribution >= 4 is 10.0 Å². The van der Waals surface area contributed by atoms with Gasteiger partial charge in [0, 0.05) is 19.5 Å². The second-order valence-corrected chi connectivity index (χ2v) is 7.78. The standard InChI is InChI=1S/C21H23NO2S/c1-4-15-22(25(23,24)21-13-11-18(3)12-14-21)17-19(5-2)16-20-9-7-6-8-10-20/h4,6-14H,1-2,15-17H2,3H3. The molecule has 3 nitrogen and oxygen atoms in total. The summed E-state index contributed by atoms with van der Waals surface area (Å²) in [5, 5.41) is 0. The molecule has 0 aromatic heterocycles. The average molecular weight is 353 g/mol. The van der Waals surface area contributed by atoms with Crippen LogP contribution in [0.5, 0.6) is 0 Å². The lowest BCUT2D eigenvalue weighted by Crippen LogP contribution is -2.33. The first-order valence-electron chi connectivity index (χ1n) is 8.07. The molecule has 0 N–H and O–H groups in total. The van der Waals surface area contributed by atoms with Crippen molar-refractivity contribution < 1.29 is 8.42 Å². The molecular formula is C21H23NO2S. The third-order valence-corrected chi connectivity index (χ3v) is 5.69. The molecule has 0 saturated carbocycles. The fourth-order valence-corrected chi connectivity index (χ4v) is 3.89. The van der Waals surface area contributed by atoms with Gasteiger partial charge in [0.2, 0.25) is 10.0 Å². The van der Waals surface area contributed by atoms with E-state index in [9.17, 15) is 8.42 Å². The Balaban J connectivity index is 2.25. The fraction of sp³-hybridized carbons (Fsp3) is 0.190. The van der Waals surface area contributed by atoms with Crippen molar-refractivity contribution in [2.24, 2.45) is 0 Å². The zero-order chi connectivity index (χ0) is 18.3. The first-order valence-corrected chi connectivity index (χ1v) is 9.51. The van der Waals surface area contributed by atoms with Gasteiger partial charge < -0.3 is 0 Å². The predicted molar refractivity (Wildman–Crippen MR) is 103 cm³/mol. The molecule has 4 heteroatoms. The van der Waals surface area contributed by atoms with Gasteiger partial charge in [-0.3, -0.25) is 0 Å². The van der Waals surface area contributed by atoms with Crippen molar-refractivity contribution in [3.63, 3.8) is 0 Å². The van der Waals surface area contributed by atoms with Gasteiger partial charge in [-0.1, -0.05) is 60.7 Å². The normalized spacial score (nSPS) is 11.1. The summed E-state index contributed by atoms with van der Waals surface area (Å²) in [5.41, 5.74) is 5.84. The summed E-state index contributed by atoms with van der Waals surface area (Å²) in [6, 6.07) is 16.7. The van der Waals surface area contributed by atoms with Crippen LogP contribution < -0.4 is 0 Å². The van der Waals surface area contributed by atoms with Crippen molar-refractivity contribution in [2.75, 3.05) is 13.1 Å². The van der Waals surface area contributed by atoms with Crippen LogP contribution in [0.3, 0.4) is 0 Å². The maximum absolute atomic E-state index is 13.0. The number of rotatable bonds is 8. The van der Waals surface area contributed by atoms with E-state index in [0.29, 0.717) is 6.42 Å². The molecule has 0 aliphatic heterocycles. The van der Waals surface area contributed by atoms with E-state index in [1.807, 2.05) is 37.3 Å². The van der Waals surface area contributed by atoms with Gasteiger partial charge in [0.1, 0.15) is 0 Å². The molecule has 0 spiro atoms. The van der Waals surface area contributed by atoms with Crippen LogP contribution in [-0.4, -0.2) is 25.8 Å². The summed E-state index contributed by atoms with van der Waals surface area (Å²) in [4.78, 5) is 0.281. The van der Waals surface area contributed by atoms with Crippen LogP contribution in [0.15, 0.2) is 90.0 Å². The summed E-state index contributed by atoms with van der Waals surface area (Å²) < 4.78 is 27.3. The number of nitrogens with zero attached hydrogens (tertiary/aromatic N) is 1. The monoisotopic (exact) mass is 353 g/mol. The first-order chi connectivity index (χ1) is 12.0. The molecule has 2 aromatic rings. The highest BCUT2D eigenvalue weighted by Crippen LogP contribution is 2.19. The van der Waals surface area contributed by atoms with Crippen LogP contribution in [0.25, 0.3) is 0 Å². The van der Waals surface area contributed by atoms with Gasteiger partial charge >= 0.3 is 0 Å². The second kappa shape index (κ2) is 8.63. The highest BCUT2D eigenvalue weighted by Gasteiger charge is 2.24. The van der Waals surface area contributed by atoms with Crippen LogP contribution in [0.2, 0.25) is 0 Å². The smallest absolute Gasteiger partial charge is 0.207 e. The molecule has 0 unspecified atom stereocenters. The lowest BCUT2D eigenvalue weighted by Gasteiger charge is -2.22. The second-order valence-electron chi connectivity index (χ2n) is 5.84. The third kappa shape index (κ3) is 5.04. The van der Waals surface area contributed by atoms with Crippen molar-refractivity contribution in [2.45, 2.75) is 18.2 Å². The zero-order valence-electron chi connectivity index (χ0n) is 14.5. The van der Waals surface area contributed by atoms with Gasteiger partial charge in [0.15, 0.2) is 0 Å². The first kappa shape index (κ1) is 18.9. The van der Waals surface area contributed by atoms with Crippen LogP contribution >= 0.6 is 0 Å². The van der Waals surface area contributed by atoms with Crippen LogP contribution in [0.4, 0.5) is 0 Å². The lowest BCUT2D eigenvalue weighted by molar-refractivity contribution is 0.465. The summed E-state index contributed by atoms with van der Waals surface area (Å²) in [7, 11) is -3.60. The Morgan fingerprint density at radius 1 is 1.12 bits per heavy atom. The van der Waals surface area contributed by atoms with E-state index in [1.165, 1.54) is 4.31 Å². The molecule has 2 rings (SSSR count). The van der Waals surface area contributed by atoms with Gasteiger partial charge in [-0.15, -0.1) is 12.3 Å². The molecule has 130 valence electrons. The van der Waals surface area contributed by atoms with Crippen molar-refractivity contribution in [3.05, 3.63) is 96.3 Å². The van der Waals surface area contributed by atoms with E-state index in [0.717, 1.165) is 16.7 Å². The van der Waals surface area contributed by atoms with Crippen molar-refractivity contribution in [1.82, 2.24) is 4.31 Å². The highest BCUT2D eigenvalue weighted by molar-refractivity contribution is 7.89. The maximum Gasteiger partial charge on any atom is 0.243 e. The predicted octanol–water partition coefficient (Wildman–Crippen LogP) is 4.13. The Hall–Kier alpha value is -2.39. The highest BCUT2D eigenvalue weighted by atomic mass is 32.2. The van der Waals surface area contributed by atoms with E-state index in [-0.39, 0.29) is 18.0 Å². The minimum absolute atomic E-state index is 0.232. The van der Waals surface area contributed by atoms with E-state index in [4.69, 9.17) is 0 Å². The van der Waals surface area contributed by atoms with E-state index < -0.39 is 10.0 Å². The molecule has 0 fully saturated rings. The topological polar surface area (TPSA) is 37.4 Å². The molecular weight excluding hydrogens is 330 g/mol. The number of aryl methyl sites for hydroxylation is 1. The summed E-state index contributed by atoms with van der Waals surface area (Å²) in [5.74, 6) is 0. The number of hydrogen-bond acceptors (Lipinski definition) is 2. The van der Waals surface area contributed by atoms with Crippen molar-refractivity contribution in [3.8, 4) is 0 Å². The molecule has 0 atom stereocenters. The summed E-state index contributed by atoms with van der Waals surface area (Å²) in [6.07, 6.45) is 2.20. The Kier molecular flexibility index (Phi) is 6.54. The van der Waals surface area contributed by atoms with Gasteiger partial charge in [0.25, 0.3) is 0 Å². The van der Waals surface area contributed by atoms with Gasteiger partial charge in [-0.25, -0.2) is 8.42 Å². The maximum atomic E-state index is 13.0. The van der Waals surface area contributed by atoms with E-state index >= 15 is 0 Å². The lowest BCUT2D eigenvalue weighted by atomic mass is 10.1. The molecule has 0 amide bonds. The van der Waals surface area contributed by atoms with Crippen molar-refractivity contribution in [1.29, 1.82) is 0 Å². The Morgan fingerprint density at radius 2 is 1.76 bits per heavy atom. The van der Waals surface area contributed by atoms with Gasteiger partial charge in [-0.05, 0) is 30.2 Å². The zero-order valence-corrected chi connectivity index (χ0v) is 15.3. The quantitative estimate of drug-likeness (QED) is 0.529. The minimum atomic E-state index is -3.60. The fourth-order valence-electron chi connectivity index (χ4n) is 2.48.